The van der Waals surface area contributed by atoms with Crippen LogP contribution in [0, 0.1) is 10.8 Å². The van der Waals surface area contributed by atoms with E-state index in [1.165, 1.54) is 0 Å². The molecule has 1 aliphatic rings. The standard InChI is InChI=1S/C11H19N3O/c1-10(2)8(11(10,3)4)9-13-7(6-12-5)14-15-9/h8,12H,6H2,1-5H3. The molecular formula is C11H19N3O. The molecule has 0 aliphatic heterocycles. The third-order valence-corrected chi connectivity index (χ3v) is 4.09. The topological polar surface area (TPSA) is 51.0 Å². The lowest BCUT2D eigenvalue weighted by Crippen LogP contribution is -2.06. The molecule has 1 aromatic rings. The zero-order valence-electron chi connectivity index (χ0n) is 10.1. The molecule has 1 aliphatic carbocycles. The third-order valence-electron chi connectivity index (χ3n) is 4.09. The number of hydrogen-bond donors (Lipinski definition) is 1. The van der Waals surface area contributed by atoms with Crippen molar-refractivity contribution in [2.75, 3.05) is 7.05 Å². The number of rotatable bonds is 3. The van der Waals surface area contributed by atoms with Gasteiger partial charge in [0.1, 0.15) is 0 Å². The van der Waals surface area contributed by atoms with Crippen molar-refractivity contribution in [1.82, 2.24) is 15.5 Å². The van der Waals surface area contributed by atoms with Gasteiger partial charge < -0.3 is 9.84 Å². The molecule has 15 heavy (non-hydrogen) atoms. The van der Waals surface area contributed by atoms with E-state index in [4.69, 9.17) is 4.52 Å². The fraction of sp³-hybridized carbons (Fsp3) is 0.818. The quantitative estimate of drug-likeness (QED) is 0.826. The van der Waals surface area contributed by atoms with Gasteiger partial charge in [0.05, 0.1) is 6.54 Å². The maximum Gasteiger partial charge on any atom is 0.230 e. The first kappa shape index (κ1) is 10.6. The molecule has 0 spiro atoms. The summed E-state index contributed by atoms with van der Waals surface area (Å²) in [7, 11) is 1.88. The van der Waals surface area contributed by atoms with Crippen molar-refractivity contribution in [1.29, 1.82) is 0 Å². The predicted octanol–water partition coefficient (Wildman–Crippen LogP) is 1.94. The molecule has 1 aromatic heterocycles. The van der Waals surface area contributed by atoms with E-state index >= 15 is 0 Å². The SMILES string of the molecule is CNCc1noc(C2C(C)(C)C2(C)C)n1. The van der Waals surface area contributed by atoms with Crippen LogP contribution < -0.4 is 5.32 Å². The van der Waals surface area contributed by atoms with Gasteiger partial charge in [-0.05, 0) is 17.9 Å². The maximum absolute atomic E-state index is 5.31. The summed E-state index contributed by atoms with van der Waals surface area (Å²) in [6, 6.07) is 0. The van der Waals surface area contributed by atoms with Gasteiger partial charge in [0.25, 0.3) is 0 Å². The summed E-state index contributed by atoms with van der Waals surface area (Å²) in [5, 5.41) is 6.96. The van der Waals surface area contributed by atoms with Gasteiger partial charge in [-0.3, -0.25) is 0 Å². The Morgan fingerprint density at radius 3 is 2.33 bits per heavy atom. The van der Waals surface area contributed by atoms with Crippen LogP contribution >= 0.6 is 0 Å². The number of aromatic nitrogens is 2. The molecule has 84 valence electrons. The summed E-state index contributed by atoms with van der Waals surface area (Å²) in [5.74, 6) is 1.92. The molecule has 1 N–H and O–H groups in total. The van der Waals surface area contributed by atoms with Gasteiger partial charge in [-0.1, -0.05) is 32.9 Å². The van der Waals surface area contributed by atoms with Crippen LogP contribution in [0.3, 0.4) is 0 Å². The third kappa shape index (κ3) is 1.39. The first-order valence-corrected chi connectivity index (χ1v) is 5.38. The van der Waals surface area contributed by atoms with Crippen molar-refractivity contribution in [2.24, 2.45) is 10.8 Å². The van der Waals surface area contributed by atoms with Gasteiger partial charge in [-0.15, -0.1) is 0 Å². The van der Waals surface area contributed by atoms with Gasteiger partial charge in [0.2, 0.25) is 5.89 Å². The predicted molar refractivity (Wildman–Crippen MR) is 57.4 cm³/mol. The fourth-order valence-electron chi connectivity index (χ4n) is 2.43. The lowest BCUT2D eigenvalue weighted by molar-refractivity contribution is 0.360. The largest absolute Gasteiger partial charge is 0.339 e. The second-order valence-electron chi connectivity index (χ2n) is 5.46. The summed E-state index contributed by atoms with van der Waals surface area (Å²) >= 11 is 0. The van der Waals surface area contributed by atoms with Crippen LogP contribution in [0.25, 0.3) is 0 Å². The van der Waals surface area contributed by atoms with E-state index in [9.17, 15) is 0 Å². The summed E-state index contributed by atoms with van der Waals surface area (Å²) in [5.41, 5.74) is 0.521. The van der Waals surface area contributed by atoms with Crippen LogP contribution in [-0.4, -0.2) is 17.2 Å². The Morgan fingerprint density at radius 1 is 1.27 bits per heavy atom. The number of nitrogens with one attached hydrogen (secondary N) is 1. The highest BCUT2D eigenvalue weighted by molar-refractivity contribution is 5.24. The Morgan fingerprint density at radius 2 is 1.87 bits per heavy atom. The zero-order chi connectivity index (χ0) is 11.3. The normalized spacial score (nSPS) is 23.0. The van der Waals surface area contributed by atoms with Crippen LogP contribution in [-0.2, 0) is 6.54 Å². The fourth-order valence-corrected chi connectivity index (χ4v) is 2.43. The average molecular weight is 209 g/mol. The van der Waals surface area contributed by atoms with E-state index in [1.807, 2.05) is 7.05 Å². The minimum Gasteiger partial charge on any atom is -0.339 e. The van der Waals surface area contributed by atoms with Crippen LogP contribution in [0.2, 0.25) is 0 Å². The number of nitrogens with zero attached hydrogens (tertiary/aromatic N) is 2. The van der Waals surface area contributed by atoms with Crippen molar-refractivity contribution >= 4 is 0 Å². The molecule has 4 nitrogen and oxygen atoms in total. The van der Waals surface area contributed by atoms with Crippen LogP contribution in [0.1, 0.15) is 45.3 Å². The molecule has 0 bridgehead atoms. The van der Waals surface area contributed by atoms with Crippen molar-refractivity contribution < 1.29 is 4.52 Å². The molecular weight excluding hydrogens is 190 g/mol. The summed E-state index contributed by atoms with van der Waals surface area (Å²) in [4.78, 5) is 4.41. The van der Waals surface area contributed by atoms with E-state index in [2.05, 4.69) is 43.2 Å². The smallest absolute Gasteiger partial charge is 0.230 e. The van der Waals surface area contributed by atoms with Crippen molar-refractivity contribution in [3.8, 4) is 0 Å². The summed E-state index contributed by atoms with van der Waals surface area (Å²) < 4.78 is 5.31. The Hall–Kier alpha value is -0.900. The number of hydrogen-bond acceptors (Lipinski definition) is 4. The molecule has 1 heterocycles. The average Bonchev–Trinajstić information content (AvgIpc) is 2.51. The molecule has 1 saturated carbocycles. The molecule has 0 atom stereocenters. The van der Waals surface area contributed by atoms with Crippen LogP contribution in [0.15, 0.2) is 4.52 Å². The molecule has 0 aromatic carbocycles. The minimum absolute atomic E-state index is 0.260. The Kier molecular flexibility index (Phi) is 2.15. The zero-order valence-corrected chi connectivity index (χ0v) is 10.1. The molecule has 0 amide bonds. The Labute approximate surface area is 90.4 Å². The second-order valence-corrected chi connectivity index (χ2v) is 5.46. The first-order chi connectivity index (χ1) is 6.91. The highest BCUT2D eigenvalue weighted by Gasteiger charge is 2.67. The van der Waals surface area contributed by atoms with Crippen molar-refractivity contribution in [3.63, 3.8) is 0 Å². The maximum atomic E-state index is 5.31. The van der Waals surface area contributed by atoms with E-state index in [1.54, 1.807) is 0 Å². The first-order valence-electron chi connectivity index (χ1n) is 5.38. The molecule has 2 rings (SSSR count). The van der Waals surface area contributed by atoms with Crippen LogP contribution in [0.5, 0.6) is 0 Å². The molecule has 1 fully saturated rings. The van der Waals surface area contributed by atoms with E-state index < -0.39 is 0 Å². The van der Waals surface area contributed by atoms with Gasteiger partial charge >= 0.3 is 0 Å². The van der Waals surface area contributed by atoms with Crippen molar-refractivity contribution in [2.45, 2.75) is 40.2 Å². The monoisotopic (exact) mass is 209 g/mol. The van der Waals surface area contributed by atoms with Gasteiger partial charge in [0, 0.05) is 5.92 Å². The molecule has 4 heteroatoms. The molecule has 0 saturated heterocycles. The molecule has 0 unspecified atom stereocenters. The minimum atomic E-state index is 0.260. The van der Waals surface area contributed by atoms with Gasteiger partial charge in [-0.25, -0.2) is 0 Å². The van der Waals surface area contributed by atoms with E-state index in [0.717, 1.165) is 11.7 Å². The van der Waals surface area contributed by atoms with E-state index in [0.29, 0.717) is 12.5 Å². The summed E-state index contributed by atoms with van der Waals surface area (Å²) in [6.45, 7) is 9.66. The van der Waals surface area contributed by atoms with E-state index in [-0.39, 0.29) is 10.8 Å². The van der Waals surface area contributed by atoms with Crippen molar-refractivity contribution in [3.05, 3.63) is 11.7 Å². The highest BCUT2D eigenvalue weighted by atomic mass is 16.5. The lowest BCUT2D eigenvalue weighted by atomic mass is 10.0. The second kappa shape index (κ2) is 3.04. The van der Waals surface area contributed by atoms with Gasteiger partial charge in [0.15, 0.2) is 5.82 Å². The Bertz CT molecular complexity index is 354. The highest BCUT2D eigenvalue weighted by Crippen LogP contribution is 2.73. The Balaban J connectivity index is 2.19. The van der Waals surface area contributed by atoms with Crippen LogP contribution in [0.4, 0.5) is 0 Å². The lowest BCUT2D eigenvalue weighted by Gasteiger charge is -2.03. The molecule has 0 radical (unpaired) electrons. The summed E-state index contributed by atoms with van der Waals surface area (Å²) in [6.07, 6.45) is 0. The van der Waals surface area contributed by atoms with Gasteiger partial charge in [-0.2, -0.15) is 4.98 Å².